The van der Waals surface area contributed by atoms with Crippen LogP contribution in [0.1, 0.15) is 48.2 Å². The zero-order valence-corrected chi connectivity index (χ0v) is 16.8. The zero-order valence-electron chi connectivity index (χ0n) is 16.0. The summed E-state index contributed by atoms with van der Waals surface area (Å²) in [5, 5.41) is 3.47. The number of aryl methyl sites for hydroxylation is 2. The van der Waals surface area contributed by atoms with E-state index in [4.69, 9.17) is 0 Å². The molecule has 0 aliphatic heterocycles. The summed E-state index contributed by atoms with van der Waals surface area (Å²) in [6.07, 6.45) is 5.73. The van der Waals surface area contributed by atoms with Crippen LogP contribution in [0.3, 0.4) is 0 Å². The number of thiazole rings is 1. The predicted molar refractivity (Wildman–Crippen MR) is 109 cm³/mol. The molecule has 0 unspecified atom stereocenters. The molecule has 0 spiro atoms. The molecule has 1 saturated carbocycles. The number of benzene rings is 1. The summed E-state index contributed by atoms with van der Waals surface area (Å²) in [5.74, 6) is -0.148. The standard InChI is InChI=1S/C21H27N3O2S/c1-15-16(2)27-21(22-15)23-19(25)14-24(18-11-7-4-8-12-18)20(26)13-17-9-5-3-6-10-17/h3,5-6,9-10,18H,4,7-8,11-14H2,1-2H3,(H,22,23,25). The van der Waals surface area contributed by atoms with Gasteiger partial charge in [-0.3, -0.25) is 9.59 Å². The summed E-state index contributed by atoms with van der Waals surface area (Å²) in [7, 11) is 0. The predicted octanol–water partition coefficient (Wildman–Crippen LogP) is 4.10. The minimum atomic E-state index is -0.171. The first kappa shape index (κ1) is 19.5. The Morgan fingerprint density at radius 1 is 1.15 bits per heavy atom. The minimum Gasteiger partial charge on any atom is -0.330 e. The van der Waals surface area contributed by atoms with Crippen LogP contribution in [0.5, 0.6) is 0 Å². The first-order valence-electron chi connectivity index (χ1n) is 9.60. The van der Waals surface area contributed by atoms with E-state index in [0.29, 0.717) is 11.6 Å². The van der Waals surface area contributed by atoms with E-state index in [1.165, 1.54) is 17.8 Å². The van der Waals surface area contributed by atoms with Crippen LogP contribution >= 0.6 is 11.3 Å². The van der Waals surface area contributed by atoms with Crippen molar-refractivity contribution in [1.29, 1.82) is 0 Å². The molecule has 1 aliphatic carbocycles. The third-order valence-corrected chi connectivity index (χ3v) is 6.11. The van der Waals surface area contributed by atoms with Crippen LogP contribution in [0.15, 0.2) is 30.3 Å². The van der Waals surface area contributed by atoms with E-state index in [0.717, 1.165) is 41.8 Å². The van der Waals surface area contributed by atoms with Crippen molar-refractivity contribution in [1.82, 2.24) is 9.88 Å². The number of carbonyl (C=O) groups is 2. The van der Waals surface area contributed by atoms with Crippen molar-refractivity contribution < 1.29 is 9.59 Å². The first-order valence-corrected chi connectivity index (χ1v) is 10.4. The lowest BCUT2D eigenvalue weighted by molar-refractivity contribution is -0.137. The van der Waals surface area contributed by atoms with Gasteiger partial charge in [0.1, 0.15) is 6.54 Å². The number of rotatable bonds is 6. The van der Waals surface area contributed by atoms with E-state index in [-0.39, 0.29) is 24.4 Å². The number of anilines is 1. The number of nitrogens with zero attached hydrogens (tertiary/aromatic N) is 2. The van der Waals surface area contributed by atoms with Gasteiger partial charge in [0, 0.05) is 10.9 Å². The fourth-order valence-corrected chi connectivity index (χ4v) is 4.36. The third kappa shape index (κ3) is 5.39. The summed E-state index contributed by atoms with van der Waals surface area (Å²) in [5.41, 5.74) is 1.91. The van der Waals surface area contributed by atoms with Gasteiger partial charge in [0.2, 0.25) is 11.8 Å². The molecule has 2 amide bonds. The quantitative estimate of drug-likeness (QED) is 0.814. The van der Waals surface area contributed by atoms with E-state index in [1.807, 2.05) is 44.2 Å². The van der Waals surface area contributed by atoms with Crippen LogP contribution in [0.2, 0.25) is 0 Å². The van der Waals surface area contributed by atoms with Gasteiger partial charge in [0.25, 0.3) is 0 Å². The lowest BCUT2D eigenvalue weighted by atomic mass is 9.93. The van der Waals surface area contributed by atoms with Crippen molar-refractivity contribution in [2.75, 3.05) is 11.9 Å². The molecule has 0 bridgehead atoms. The van der Waals surface area contributed by atoms with Gasteiger partial charge in [0.15, 0.2) is 5.13 Å². The maximum absolute atomic E-state index is 13.0. The Hall–Kier alpha value is -2.21. The van der Waals surface area contributed by atoms with Gasteiger partial charge in [-0.2, -0.15) is 0 Å². The third-order valence-electron chi connectivity index (χ3n) is 5.12. The molecule has 144 valence electrons. The Bertz CT molecular complexity index is 762. The molecule has 1 fully saturated rings. The number of aromatic nitrogens is 1. The summed E-state index contributed by atoms with van der Waals surface area (Å²) in [6.45, 7) is 4.01. The Labute approximate surface area is 164 Å². The summed E-state index contributed by atoms with van der Waals surface area (Å²) < 4.78 is 0. The van der Waals surface area contributed by atoms with Crippen molar-refractivity contribution in [2.24, 2.45) is 0 Å². The van der Waals surface area contributed by atoms with E-state index in [1.54, 1.807) is 4.90 Å². The second-order valence-corrected chi connectivity index (χ2v) is 8.39. The lowest BCUT2D eigenvalue weighted by Crippen LogP contribution is -2.46. The summed E-state index contributed by atoms with van der Waals surface area (Å²) in [6, 6.07) is 9.88. The topological polar surface area (TPSA) is 62.3 Å². The van der Waals surface area contributed by atoms with Crippen molar-refractivity contribution in [3.05, 3.63) is 46.5 Å². The molecule has 2 aromatic rings. The maximum Gasteiger partial charge on any atom is 0.245 e. The SMILES string of the molecule is Cc1nc(NC(=O)CN(C(=O)Cc2ccccc2)C2CCCCC2)sc1C. The van der Waals surface area contributed by atoms with E-state index in [9.17, 15) is 9.59 Å². The molecule has 1 N–H and O–H groups in total. The van der Waals surface area contributed by atoms with E-state index in [2.05, 4.69) is 10.3 Å². The van der Waals surface area contributed by atoms with Gasteiger partial charge >= 0.3 is 0 Å². The first-order chi connectivity index (χ1) is 13.0. The van der Waals surface area contributed by atoms with Crippen molar-refractivity contribution in [3.63, 3.8) is 0 Å². The molecular formula is C21H27N3O2S. The van der Waals surface area contributed by atoms with Gasteiger partial charge in [-0.05, 0) is 32.3 Å². The fraction of sp³-hybridized carbons (Fsp3) is 0.476. The fourth-order valence-electron chi connectivity index (χ4n) is 3.53. The normalized spacial score (nSPS) is 14.7. The van der Waals surface area contributed by atoms with E-state index < -0.39 is 0 Å². The van der Waals surface area contributed by atoms with Crippen molar-refractivity contribution in [3.8, 4) is 0 Å². The average molecular weight is 386 g/mol. The number of carbonyl (C=O) groups excluding carboxylic acids is 2. The smallest absolute Gasteiger partial charge is 0.245 e. The van der Waals surface area contributed by atoms with Crippen molar-refractivity contribution in [2.45, 2.75) is 58.4 Å². The Morgan fingerprint density at radius 2 is 1.85 bits per heavy atom. The Kier molecular flexibility index (Phi) is 6.61. The summed E-state index contributed by atoms with van der Waals surface area (Å²) >= 11 is 1.47. The number of amides is 2. The molecule has 0 saturated heterocycles. The van der Waals surface area contributed by atoms with Crippen LogP contribution in [0, 0.1) is 13.8 Å². The highest BCUT2D eigenvalue weighted by atomic mass is 32.1. The zero-order chi connectivity index (χ0) is 19.2. The van der Waals surface area contributed by atoms with Gasteiger partial charge in [-0.25, -0.2) is 4.98 Å². The molecule has 6 heteroatoms. The van der Waals surface area contributed by atoms with Crippen LogP contribution in [0.4, 0.5) is 5.13 Å². The second kappa shape index (κ2) is 9.13. The molecular weight excluding hydrogens is 358 g/mol. The molecule has 3 rings (SSSR count). The van der Waals surface area contributed by atoms with Gasteiger partial charge in [-0.15, -0.1) is 11.3 Å². The Morgan fingerprint density at radius 3 is 2.48 bits per heavy atom. The van der Waals surface area contributed by atoms with Crippen molar-refractivity contribution >= 4 is 28.3 Å². The average Bonchev–Trinajstić information content (AvgIpc) is 2.98. The molecule has 1 aliphatic rings. The van der Waals surface area contributed by atoms with E-state index >= 15 is 0 Å². The van der Waals surface area contributed by atoms with Crippen LogP contribution in [-0.4, -0.2) is 34.3 Å². The highest BCUT2D eigenvalue weighted by molar-refractivity contribution is 7.15. The molecule has 0 radical (unpaired) electrons. The maximum atomic E-state index is 13.0. The van der Waals surface area contributed by atoms with Gasteiger partial charge < -0.3 is 10.2 Å². The van der Waals surface area contributed by atoms with Crippen LogP contribution in [-0.2, 0) is 16.0 Å². The largest absolute Gasteiger partial charge is 0.330 e. The Balaban J connectivity index is 1.68. The summed E-state index contributed by atoms with van der Waals surface area (Å²) in [4.78, 5) is 32.8. The highest BCUT2D eigenvalue weighted by Crippen LogP contribution is 2.24. The monoisotopic (exact) mass is 385 g/mol. The second-order valence-electron chi connectivity index (χ2n) is 7.18. The molecule has 1 heterocycles. The highest BCUT2D eigenvalue weighted by Gasteiger charge is 2.27. The van der Waals surface area contributed by atoms with Gasteiger partial charge in [-0.1, -0.05) is 49.6 Å². The number of nitrogens with one attached hydrogen (secondary N) is 1. The minimum absolute atomic E-state index is 0.0229. The lowest BCUT2D eigenvalue weighted by Gasteiger charge is -2.34. The van der Waals surface area contributed by atoms with Gasteiger partial charge in [0.05, 0.1) is 12.1 Å². The number of hydrogen-bond donors (Lipinski definition) is 1. The van der Waals surface area contributed by atoms with Crippen LogP contribution < -0.4 is 5.32 Å². The molecule has 0 atom stereocenters. The molecule has 5 nitrogen and oxygen atoms in total. The number of hydrogen-bond acceptors (Lipinski definition) is 4. The molecule has 1 aromatic heterocycles. The molecule has 27 heavy (non-hydrogen) atoms. The molecule has 1 aromatic carbocycles. The van der Waals surface area contributed by atoms with Crippen LogP contribution in [0.25, 0.3) is 0 Å².